The van der Waals surface area contributed by atoms with E-state index in [-0.39, 0.29) is 0 Å². The molecule has 0 radical (unpaired) electrons. The maximum atomic E-state index is 5.73. The first-order valence-electron chi connectivity index (χ1n) is 7.05. The van der Waals surface area contributed by atoms with Gasteiger partial charge in [-0.15, -0.1) is 0 Å². The van der Waals surface area contributed by atoms with Crippen LogP contribution in [0.3, 0.4) is 0 Å². The lowest BCUT2D eigenvalue weighted by Gasteiger charge is -2.04. The van der Waals surface area contributed by atoms with Crippen molar-refractivity contribution in [2.24, 2.45) is 12.8 Å². The summed E-state index contributed by atoms with van der Waals surface area (Å²) in [7, 11) is 2.13. The van der Waals surface area contributed by atoms with Gasteiger partial charge >= 0.3 is 0 Å². The second kappa shape index (κ2) is 5.14. The Morgan fingerprint density at radius 1 is 1.00 bits per heavy atom. The molecule has 3 aromatic rings. The highest BCUT2D eigenvalue weighted by molar-refractivity contribution is 5.89. The van der Waals surface area contributed by atoms with E-state index >= 15 is 0 Å². The van der Waals surface area contributed by atoms with Crippen LogP contribution in [0, 0.1) is 6.92 Å². The van der Waals surface area contributed by atoms with Gasteiger partial charge in [0.1, 0.15) is 0 Å². The maximum absolute atomic E-state index is 5.73. The summed E-state index contributed by atoms with van der Waals surface area (Å²) >= 11 is 0. The average Bonchev–Trinajstić information content (AvgIpc) is 2.73. The molecule has 0 bridgehead atoms. The molecule has 0 atom stereocenters. The van der Waals surface area contributed by atoms with Gasteiger partial charge in [0.15, 0.2) is 0 Å². The van der Waals surface area contributed by atoms with Gasteiger partial charge in [-0.1, -0.05) is 36.4 Å². The second-order valence-corrected chi connectivity index (χ2v) is 5.27. The first-order chi connectivity index (χ1) is 9.72. The van der Waals surface area contributed by atoms with Gasteiger partial charge in [0.05, 0.1) is 0 Å². The quantitative estimate of drug-likeness (QED) is 0.769. The van der Waals surface area contributed by atoms with Crippen molar-refractivity contribution in [3.63, 3.8) is 0 Å². The number of hydrogen-bond donors (Lipinski definition) is 1. The van der Waals surface area contributed by atoms with Crippen LogP contribution in [0.2, 0.25) is 0 Å². The fourth-order valence-corrected chi connectivity index (χ4v) is 2.98. The lowest BCUT2D eigenvalue weighted by atomic mass is 10.0. The molecule has 0 saturated carbocycles. The van der Waals surface area contributed by atoms with Crippen molar-refractivity contribution in [1.29, 1.82) is 0 Å². The fourth-order valence-electron chi connectivity index (χ4n) is 2.98. The first kappa shape index (κ1) is 12.9. The van der Waals surface area contributed by atoms with Crippen LogP contribution in [0.4, 0.5) is 0 Å². The van der Waals surface area contributed by atoms with Gasteiger partial charge in [0.25, 0.3) is 0 Å². The number of nitrogens with zero attached hydrogens (tertiary/aromatic N) is 1. The molecule has 2 heteroatoms. The Balaban J connectivity index is 2.19. The van der Waals surface area contributed by atoms with Crippen molar-refractivity contribution in [3.05, 3.63) is 59.8 Å². The van der Waals surface area contributed by atoms with E-state index in [1.165, 1.54) is 33.3 Å². The summed E-state index contributed by atoms with van der Waals surface area (Å²) in [6, 6.07) is 17.2. The summed E-state index contributed by atoms with van der Waals surface area (Å²) in [5, 5.41) is 1.33. The lowest BCUT2D eigenvalue weighted by Crippen LogP contribution is -2.07. The van der Waals surface area contributed by atoms with Crippen LogP contribution < -0.4 is 5.73 Å². The molecule has 1 aromatic heterocycles. The van der Waals surface area contributed by atoms with Crippen LogP contribution in [0.5, 0.6) is 0 Å². The zero-order valence-corrected chi connectivity index (χ0v) is 12.1. The molecule has 0 fully saturated rings. The molecule has 2 aromatic carbocycles. The van der Waals surface area contributed by atoms with E-state index in [4.69, 9.17) is 5.73 Å². The van der Waals surface area contributed by atoms with Crippen molar-refractivity contribution in [2.75, 3.05) is 6.54 Å². The van der Waals surface area contributed by atoms with Gasteiger partial charge in [0, 0.05) is 30.1 Å². The minimum atomic E-state index is 0.691. The molecular formula is C18H20N2. The molecule has 0 aliphatic rings. The Labute approximate surface area is 119 Å². The Bertz CT molecular complexity index is 739. The molecule has 3 rings (SSSR count). The second-order valence-electron chi connectivity index (χ2n) is 5.27. The van der Waals surface area contributed by atoms with Gasteiger partial charge in [-0.2, -0.15) is 0 Å². The molecule has 0 amide bonds. The number of nitrogens with two attached hydrogens (primary N) is 1. The number of aryl methyl sites for hydroxylation is 2. The lowest BCUT2D eigenvalue weighted by molar-refractivity contribution is 0.819. The standard InChI is InChI=1S/C18H20N2/c1-13-16-12-15(14-6-4-3-5-7-14)8-9-18(16)20(2)17(13)10-11-19/h3-9,12H,10-11,19H2,1-2H3. The van der Waals surface area contributed by atoms with E-state index in [0.29, 0.717) is 6.54 Å². The smallest absolute Gasteiger partial charge is 0.0483 e. The number of benzene rings is 2. The molecule has 1 heterocycles. The van der Waals surface area contributed by atoms with E-state index in [0.717, 1.165) is 6.42 Å². The Morgan fingerprint density at radius 2 is 1.75 bits per heavy atom. The minimum absolute atomic E-state index is 0.691. The highest BCUT2D eigenvalue weighted by Gasteiger charge is 2.11. The molecule has 0 saturated heterocycles. The van der Waals surface area contributed by atoms with Crippen LogP contribution >= 0.6 is 0 Å². The van der Waals surface area contributed by atoms with Crippen LogP contribution in [0.25, 0.3) is 22.0 Å². The predicted octanol–water partition coefficient (Wildman–Crippen LogP) is 3.65. The Hall–Kier alpha value is -2.06. The van der Waals surface area contributed by atoms with Gasteiger partial charge in [-0.3, -0.25) is 0 Å². The summed E-state index contributed by atoms with van der Waals surface area (Å²) in [6.07, 6.45) is 0.928. The predicted molar refractivity (Wildman–Crippen MR) is 85.9 cm³/mol. The summed E-state index contributed by atoms with van der Waals surface area (Å²) in [5.41, 5.74) is 12.2. The first-order valence-corrected chi connectivity index (χ1v) is 7.05. The van der Waals surface area contributed by atoms with E-state index in [9.17, 15) is 0 Å². The Kier molecular flexibility index (Phi) is 3.33. The molecule has 2 nitrogen and oxygen atoms in total. The maximum Gasteiger partial charge on any atom is 0.0483 e. The number of rotatable bonds is 3. The largest absolute Gasteiger partial charge is 0.347 e. The molecule has 0 aliphatic heterocycles. The Morgan fingerprint density at radius 3 is 2.45 bits per heavy atom. The third-order valence-electron chi connectivity index (χ3n) is 4.09. The highest BCUT2D eigenvalue weighted by atomic mass is 14.9. The van der Waals surface area contributed by atoms with Crippen LogP contribution in [-0.2, 0) is 13.5 Å². The van der Waals surface area contributed by atoms with E-state index in [2.05, 4.69) is 67.1 Å². The number of hydrogen-bond acceptors (Lipinski definition) is 1. The van der Waals surface area contributed by atoms with Crippen molar-refractivity contribution >= 4 is 10.9 Å². The highest BCUT2D eigenvalue weighted by Crippen LogP contribution is 2.29. The molecule has 102 valence electrons. The SMILES string of the molecule is Cc1c(CCN)n(C)c2ccc(-c3ccccc3)cc12. The molecule has 0 unspecified atom stereocenters. The van der Waals surface area contributed by atoms with Gasteiger partial charge in [0.2, 0.25) is 0 Å². The average molecular weight is 264 g/mol. The van der Waals surface area contributed by atoms with Gasteiger partial charge in [-0.25, -0.2) is 0 Å². The number of aromatic nitrogens is 1. The minimum Gasteiger partial charge on any atom is -0.347 e. The van der Waals surface area contributed by atoms with Crippen LogP contribution in [0.15, 0.2) is 48.5 Å². The molecule has 20 heavy (non-hydrogen) atoms. The summed E-state index contributed by atoms with van der Waals surface area (Å²) in [4.78, 5) is 0. The van der Waals surface area contributed by atoms with Crippen molar-refractivity contribution < 1.29 is 0 Å². The van der Waals surface area contributed by atoms with E-state index in [1.807, 2.05) is 0 Å². The van der Waals surface area contributed by atoms with E-state index < -0.39 is 0 Å². The van der Waals surface area contributed by atoms with Crippen molar-refractivity contribution in [3.8, 4) is 11.1 Å². The zero-order valence-electron chi connectivity index (χ0n) is 12.1. The summed E-state index contributed by atoms with van der Waals surface area (Å²) in [5.74, 6) is 0. The molecule has 0 spiro atoms. The number of fused-ring (bicyclic) bond motifs is 1. The van der Waals surface area contributed by atoms with Gasteiger partial charge in [-0.05, 0) is 42.3 Å². The summed E-state index contributed by atoms with van der Waals surface area (Å²) < 4.78 is 2.27. The molecule has 0 aliphatic carbocycles. The monoisotopic (exact) mass is 264 g/mol. The summed E-state index contributed by atoms with van der Waals surface area (Å²) in [6.45, 7) is 2.89. The van der Waals surface area contributed by atoms with Crippen LogP contribution in [-0.4, -0.2) is 11.1 Å². The van der Waals surface area contributed by atoms with Crippen molar-refractivity contribution in [2.45, 2.75) is 13.3 Å². The fraction of sp³-hybridized carbons (Fsp3) is 0.222. The van der Waals surface area contributed by atoms with Gasteiger partial charge < -0.3 is 10.3 Å². The topological polar surface area (TPSA) is 30.9 Å². The third-order valence-corrected chi connectivity index (χ3v) is 4.09. The normalized spacial score (nSPS) is 11.2. The van der Waals surface area contributed by atoms with Crippen LogP contribution in [0.1, 0.15) is 11.3 Å². The van der Waals surface area contributed by atoms with Crippen molar-refractivity contribution in [1.82, 2.24) is 4.57 Å². The molecular weight excluding hydrogens is 244 g/mol. The molecule has 2 N–H and O–H groups in total. The zero-order chi connectivity index (χ0) is 14.1. The third kappa shape index (κ3) is 2.02. The van der Waals surface area contributed by atoms with E-state index in [1.54, 1.807) is 0 Å².